The van der Waals surface area contributed by atoms with Crippen LogP contribution in [-0.2, 0) is 4.74 Å². The van der Waals surface area contributed by atoms with Gasteiger partial charge in [0.05, 0.1) is 32.7 Å². The Hall–Kier alpha value is -2.53. The maximum Gasteiger partial charge on any atom is 0.383 e. The first-order valence-electron chi connectivity index (χ1n) is 7.05. The Morgan fingerprint density at radius 2 is 2.00 bits per heavy atom. The number of rotatable bonds is 5. The summed E-state index contributed by atoms with van der Waals surface area (Å²) in [5, 5.41) is 11.6. The Morgan fingerprint density at radius 3 is 2.71 bits per heavy atom. The lowest BCUT2D eigenvalue weighted by molar-refractivity contribution is -0.390. The standard InChI is InChI=1S/C13H14N6O4S/c1-22-13-12(18-2-4-23-5-3-18)15-8-11(17-13)24-10-7-14-6-9(16-10)19(20)21/h6-8H,2-5H2,1H3. The number of nitrogens with zero attached hydrogens (tertiary/aromatic N) is 6. The smallest absolute Gasteiger partial charge is 0.383 e. The highest BCUT2D eigenvalue weighted by Gasteiger charge is 2.20. The zero-order chi connectivity index (χ0) is 16.9. The molecule has 0 saturated carbocycles. The van der Waals surface area contributed by atoms with Crippen molar-refractivity contribution in [3.63, 3.8) is 0 Å². The lowest BCUT2D eigenvalue weighted by Crippen LogP contribution is -2.37. The summed E-state index contributed by atoms with van der Waals surface area (Å²) in [6.45, 7) is 2.69. The number of nitro groups is 1. The van der Waals surface area contributed by atoms with Gasteiger partial charge in [-0.25, -0.2) is 9.97 Å². The molecule has 3 heterocycles. The summed E-state index contributed by atoms with van der Waals surface area (Å²) in [6, 6.07) is 0. The molecule has 2 aromatic rings. The first-order valence-corrected chi connectivity index (χ1v) is 7.87. The normalized spacial score (nSPS) is 14.5. The molecule has 0 N–H and O–H groups in total. The van der Waals surface area contributed by atoms with Crippen molar-refractivity contribution in [3.8, 4) is 5.88 Å². The van der Waals surface area contributed by atoms with Crippen molar-refractivity contribution in [3.05, 3.63) is 28.7 Å². The van der Waals surface area contributed by atoms with Gasteiger partial charge in [0.2, 0.25) is 5.03 Å². The molecule has 0 spiro atoms. The molecule has 0 aromatic carbocycles. The van der Waals surface area contributed by atoms with Crippen LogP contribution in [0.4, 0.5) is 11.6 Å². The third-order valence-electron chi connectivity index (χ3n) is 3.20. The van der Waals surface area contributed by atoms with E-state index in [2.05, 4.69) is 19.9 Å². The first-order chi connectivity index (χ1) is 11.7. The molecule has 1 aliphatic heterocycles. The van der Waals surface area contributed by atoms with Gasteiger partial charge in [0.1, 0.15) is 11.2 Å². The van der Waals surface area contributed by atoms with E-state index < -0.39 is 4.92 Å². The summed E-state index contributed by atoms with van der Waals surface area (Å²) in [5.74, 6) is 0.723. The van der Waals surface area contributed by atoms with Gasteiger partial charge in [-0.2, -0.15) is 0 Å². The molecule has 0 radical (unpaired) electrons. The van der Waals surface area contributed by atoms with Crippen molar-refractivity contribution in [2.24, 2.45) is 0 Å². The quantitative estimate of drug-likeness (QED) is 0.574. The summed E-state index contributed by atoms with van der Waals surface area (Å²) >= 11 is 1.13. The molecule has 1 saturated heterocycles. The molecule has 0 bridgehead atoms. The number of hydrogen-bond acceptors (Lipinski definition) is 10. The Balaban J connectivity index is 1.81. The Kier molecular flexibility index (Phi) is 5.01. The molecule has 0 amide bonds. The molecular formula is C13H14N6O4S. The highest BCUT2D eigenvalue weighted by atomic mass is 32.2. The zero-order valence-corrected chi connectivity index (χ0v) is 13.6. The molecular weight excluding hydrogens is 336 g/mol. The van der Waals surface area contributed by atoms with E-state index in [1.165, 1.54) is 13.3 Å². The van der Waals surface area contributed by atoms with Gasteiger partial charge in [0, 0.05) is 13.1 Å². The van der Waals surface area contributed by atoms with Crippen molar-refractivity contribution < 1.29 is 14.4 Å². The van der Waals surface area contributed by atoms with Crippen molar-refractivity contribution in [1.29, 1.82) is 0 Å². The third kappa shape index (κ3) is 3.68. The average Bonchev–Trinajstić information content (AvgIpc) is 2.62. The number of anilines is 1. The zero-order valence-electron chi connectivity index (χ0n) is 12.8. The van der Waals surface area contributed by atoms with E-state index in [4.69, 9.17) is 9.47 Å². The van der Waals surface area contributed by atoms with Crippen LogP contribution in [0.2, 0.25) is 0 Å². The average molecular weight is 350 g/mol. The lowest BCUT2D eigenvalue weighted by atomic mass is 10.4. The molecule has 11 heteroatoms. The molecule has 1 aliphatic rings. The highest BCUT2D eigenvalue weighted by Crippen LogP contribution is 2.30. The van der Waals surface area contributed by atoms with E-state index in [9.17, 15) is 10.1 Å². The highest BCUT2D eigenvalue weighted by molar-refractivity contribution is 7.99. The third-order valence-corrected chi connectivity index (χ3v) is 4.01. The van der Waals surface area contributed by atoms with Gasteiger partial charge in [-0.15, -0.1) is 0 Å². The minimum Gasteiger partial charge on any atom is -0.478 e. The molecule has 0 aliphatic carbocycles. The fourth-order valence-corrected chi connectivity index (χ4v) is 2.81. The number of aromatic nitrogens is 4. The largest absolute Gasteiger partial charge is 0.478 e. The van der Waals surface area contributed by atoms with Gasteiger partial charge in [0.25, 0.3) is 5.88 Å². The SMILES string of the molecule is COc1nc(Sc2cncc([N+](=O)[O-])n2)cnc1N1CCOCC1. The predicted molar refractivity (Wildman–Crippen MR) is 84.4 cm³/mol. The van der Waals surface area contributed by atoms with Crippen molar-refractivity contribution in [2.75, 3.05) is 38.3 Å². The maximum absolute atomic E-state index is 10.8. The summed E-state index contributed by atoms with van der Waals surface area (Å²) < 4.78 is 10.6. The van der Waals surface area contributed by atoms with Gasteiger partial charge < -0.3 is 24.5 Å². The topological polar surface area (TPSA) is 116 Å². The molecule has 24 heavy (non-hydrogen) atoms. The predicted octanol–water partition coefficient (Wildman–Crippen LogP) is 1.17. The van der Waals surface area contributed by atoms with Crippen LogP contribution >= 0.6 is 11.8 Å². The second kappa shape index (κ2) is 7.36. The molecule has 2 aromatic heterocycles. The minimum atomic E-state index is -0.592. The van der Waals surface area contributed by atoms with Crippen LogP contribution in [0.15, 0.2) is 28.6 Å². The van der Waals surface area contributed by atoms with E-state index in [0.29, 0.717) is 48.1 Å². The summed E-state index contributed by atoms with van der Waals surface area (Å²) in [7, 11) is 1.52. The van der Waals surface area contributed by atoms with Gasteiger partial charge in [-0.3, -0.25) is 4.98 Å². The van der Waals surface area contributed by atoms with Crippen LogP contribution < -0.4 is 9.64 Å². The summed E-state index contributed by atoms with van der Waals surface area (Å²) in [4.78, 5) is 28.7. The van der Waals surface area contributed by atoms with Crippen LogP contribution in [-0.4, -0.2) is 58.3 Å². The second-order valence-corrected chi connectivity index (χ2v) is 5.76. The van der Waals surface area contributed by atoms with E-state index in [-0.39, 0.29) is 5.82 Å². The number of ether oxygens (including phenoxy) is 2. The number of hydrogen-bond donors (Lipinski definition) is 0. The molecule has 0 atom stereocenters. The summed E-state index contributed by atoms with van der Waals surface area (Å²) in [6.07, 6.45) is 4.11. The molecule has 1 fully saturated rings. The van der Waals surface area contributed by atoms with E-state index in [0.717, 1.165) is 18.0 Å². The van der Waals surface area contributed by atoms with Crippen LogP contribution in [0.25, 0.3) is 0 Å². The van der Waals surface area contributed by atoms with Crippen molar-refractivity contribution in [2.45, 2.75) is 10.1 Å². The molecule has 0 unspecified atom stereocenters. The van der Waals surface area contributed by atoms with Gasteiger partial charge in [-0.1, -0.05) is 0 Å². The molecule has 10 nitrogen and oxygen atoms in total. The minimum absolute atomic E-state index is 0.315. The van der Waals surface area contributed by atoms with Crippen molar-refractivity contribution in [1.82, 2.24) is 19.9 Å². The van der Waals surface area contributed by atoms with E-state index in [1.807, 2.05) is 4.90 Å². The Morgan fingerprint density at radius 1 is 1.25 bits per heavy atom. The second-order valence-electron chi connectivity index (χ2n) is 4.72. The lowest BCUT2D eigenvalue weighted by Gasteiger charge is -2.28. The summed E-state index contributed by atoms with van der Waals surface area (Å²) in [5.41, 5.74) is 0. The number of morpholine rings is 1. The van der Waals surface area contributed by atoms with Gasteiger partial charge >= 0.3 is 5.82 Å². The van der Waals surface area contributed by atoms with Crippen LogP contribution in [0.1, 0.15) is 0 Å². The first kappa shape index (κ1) is 16.3. The fourth-order valence-electron chi connectivity index (χ4n) is 2.11. The Bertz CT molecular complexity index is 740. The van der Waals surface area contributed by atoms with Crippen molar-refractivity contribution >= 4 is 23.4 Å². The van der Waals surface area contributed by atoms with E-state index in [1.54, 1.807) is 6.20 Å². The van der Waals surface area contributed by atoms with Gasteiger partial charge in [0.15, 0.2) is 5.82 Å². The fraction of sp³-hybridized carbons (Fsp3) is 0.385. The van der Waals surface area contributed by atoms with Crippen LogP contribution in [0.5, 0.6) is 5.88 Å². The number of methoxy groups -OCH3 is 1. The van der Waals surface area contributed by atoms with Gasteiger partial charge in [-0.05, 0) is 21.7 Å². The van der Waals surface area contributed by atoms with Crippen LogP contribution in [0, 0.1) is 10.1 Å². The Labute approximate surface area is 141 Å². The molecule has 126 valence electrons. The molecule has 3 rings (SSSR count). The maximum atomic E-state index is 10.8. The van der Waals surface area contributed by atoms with Crippen LogP contribution in [0.3, 0.4) is 0 Å². The monoisotopic (exact) mass is 350 g/mol. The van der Waals surface area contributed by atoms with E-state index >= 15 is 0 Å².